The van der Waals surface area contributed by atoms with Crippen LogP contribution in [0, 0.1) is 5.41 Å². The van der Waals surface area contributed by atoms with Crippen molar-refractivity contribution in [3.8, 4) is 0 Å². The summed E-state index contributed by atoms with van der Waals surface area (Å²) >= 11 is 0. The molecule has 1 saturated heterocycles. The van der Waals surface area contributed by atoms with Crippen LogP contribution in [0.5, 0.6) is 0 Å². The number of nitrogens with zero attached hydrogens (tertiary/aromatic N) is 1. The Bertz CT molecular complexity index is 581. The van der Waals surface area contributed by atoms with Gasteiger partial charge in [-0.3, -0.25) is 19.3 Å². The first-order valence-electron chi connectivity index (χ1n) is 6.78. The van der Waals surface area contributed by atoms with E-state index in [-0.39, 0.29) is 19.4 Å². The molecule has 5 heteroatoms. The van der Waals surface area contributed by atoms with Crippen LogP contribution in [-0.2, 0) is 9.59 Å². The van der Waals surface area contributed by atoms with Crippen LogP contribution in [0.2, 0.25) is 0 Å². The largest absolute Gasteiger partial charge is 0.480 e. The van der Waals surface area contributed by atoms with Gasteiger partial charge in [-0.25, -0.2) is 0 Å². The summed E-state index contributed by atoms with van der Waals surface area (Å²) in [6.07, 6.45) is 2.15. The number of hydrogen-bond acceptors (Lipinski definition) is 3. The van der Waals surface area contributed by atoms with E-state index in [2.05, 4.69) is 6.58 Å². The molecule has 21 heavy (non-hydrogen) atoms. The number of benzene rings is 1. The number of carbonyl (C=O) groups excluding carboxylic acids is 2. The molecule has 1 aliphatic rings. The van der Waals surface area contributed by atoms with E-state index < -0.39 is 23.2 Å². The van der Waals surface area contributed by atoms with Crippen molar-refractivity contribution in [3.05, 3.63) is 48.6 Å². The number of carboxylic acids is 1. The Kier molecular flexibility index (Phi) is 4.21. The Morgan fingerprint density at radius 2 is 2.00 bits per heavy atom. The maximum atomic E-state index is 12.6. The molecule has 0 bridgehead atoms. The summed E-state index contributed by atoms with van der Waals surface area (Å²) in [6, 6.07) is 8.40. The van der Waals surface area contributed by atoms with Crippen LogP contribution in [0.1, 0.15) is 29.6 Å². The van der Waals surface area contributed by atoms with E-state index in [1.807, 2.05) is 0 Å². The molecule has 0 aliphatic carbocycles. The predicted molar refractivity (Wildman–Crippen MR) is 76.6 cm³/mol. The summed E-state index contributed by atoms with van der Waals surface area (Å²) in [5.41, 5.74) is -1.18. The van der Waals surface area contributed by atoms with Gasteiger partial charge in [0.15, 0.2) is 5.41 Å². The minimum absolute atomic E-state index is 0.0275. The lowest BCUT2D eigenvalue weighted by molar-refractivity contribution is -0.162. The van der Waals surface area contributed by atoms with Crippen LogP contribution in [-0.4, -0.2) is 34.3 Å². The molecule has 1 aromatic carbocycles. The molecule has 1 aliphatic heterocycles. The minimum Gasteiger partial charge on any atom is -0.480 e. The molecule has 1 N–H and O–H groups in total. The zero-order valence-corrected chi connectivity index (χ0v) is 11.6. The number of carboxylic acid groups (broad SMARTS) is 1. The van der Waals surface area contributed by atoms with Gasteiger partial charge in [0.25, 0.3) is 5.91 Å². The summed E-state index contributed by atoms with van der Waals surface area (Å²) in [6.45, 7) is 3.77. The van der Waals surface area contributed by atoms with Gasteiger partial charge in [-0.05, 0) is 31.4 Å². The Morgan fingerprint density at radius 1 is 1.33 bits per heavy atom. The molecule has 0 unspecified atom stereocenters. The van der Waals surface area contributed by atoms with Crippen molar-refractivity contribution in [2.45, 2.75) is 19.3 Å². The summed E-state index contributed by atoms with van der Waals surface area (Å²) in [4.78, 5) is 37.6. The van der Waals surface area contributed by atoms with Gasteiger partial charge < -0.3 is 5.11 Å². The van der Waals surface area contributed by atoms with E-state index in [1.54, 1.807) is 30.3 Å². The number of hydrogen-bond donors (Lipinski definition) is 1. The molecule has 1 aromatic rings. The second kappa shape index (κ2) is 5.91. The molecule has 1 fully saturated rings. The lowest BCUT2D eigenvalue weighted by Gasteiger charge is -2.37. The Morgan fingerprint density at radius 3 is 2.57 bits per heavy atom. The number of amides is 2. The third-order valence-electron chi connectivity index (χ3n) is 3.81. The van der Waals surface area contributed by atoms with Gasteiger partial charge in [-0.2, -0.15) is 0 Å². The van der Waals surface area contributed by atoms with E-state index in [0.29, 0.717) is 12.0 Å². The first-order chi connectivity index (χ1) is 10.0. The van der Waals surface area contributed by atoms with Crippen LogP contribution in [0.25, 0.3) is 0 Å². The van der Waals surface area contributed by atoms with Crippen molar-refractivity contribution in [3.63, 3.8) is 0 Å². The smallest absolute Gasteiger partial charge is 0.319 e. The number of allylic oxidation sites excluding steroid dienone is 1. The second-order valence-corrected chi connectivity index (χ2v) is 5.11. The zero-order chi connectivity index (χ0) is 15.5. The highest BCUT2D eigenvalue weighted by molar-refractivity contribution is 6.12. The number of rotatable bonds is 4. The van der Waals surface area contributed by atoms with Crippen molar-refractivity contribution < 1.29 is 19.5 Å². The number of aliphatic carboxylic acids is 1. The average Bonchev–Trinajstić information content (AvgIpc) is 2.49. The predicted octanol–water partition coefficient (Wildman–Crippen LogP) is 2.10. The van der Waals surface area contributed by atoms with E-state index in [0.717, 1.165) is 4.90 Å². The normalized spacial score (nSPS) is 21.9. The van der Waals surface area contributed by atoms with Crippen molar-refractivity contribution in [1.29, 1.82) is 0 Å². The van der Waals surface area contributed by atoms with E-state index in [9.17, 15) is 19.5 Å². The highest BCUT2D eigenvalue weighted by Gasteiger charge is 2.50. The summed E-state index contributed by atoms with van der Waals surface area (Å²) < 4.78 is 0. The lowest BCUT2D eigenvalue weighted by atomic mass is 9.76. The van der Waals surface area contributed by atoms with E-state index in [4.69, 9.17) is 0 Å². The number of piperidine rings is 1. The van der Waals surface area contributed by atoms with Gasteiger partial charge in [0, 0.05) is 12.1 Å². The van der Waals surface area contributed by atoms with Gasteiger partial charge in [0.05, 0.1) is 0 Å². The fourth-order valence-electron chi connectivity index (χ4n) is 2.66. The van der Waals surface area contributed by atoms with Crippen molar-refractivity contribution >= 4 is 17.8 Å². The van der Waals surface area contributed by atoms with Crippen molar-refractivity contribution in [1.82, 2.24) is 4.90 Å². The van der Waals surface area contributed by atoms with Crippen LogP contribution in [0.15, 0.2) is 43.0 Å². The van der Waals surface area contributed by atoms with Crippen LogP contribution >= 0.6 is 0 Å². The fourth-order valence-corrected chi connectivity index (χ4v) is 2.66. The first-order valence-corrected chi connectivity index (χ1v) is 6.78. The average molecular weight is 287 g/mol. The molecular formula is C16H17NO4. The van der Waals surface area contributed by atoms with E-state index in [1.165, 1.54) is 6.08 Å². The molecule has 0 spiro atoms. The highest BCUT2D eigenvalue weighted by atomic mass is 16.4. The second-order valence-electron chi connectivity index (χ2n) is 5.11. The maximum absolute atomic E-state index is 12.6. The summed E-state index contributed by atoms with van der Waals surface area (Å²) in [5.74, 6) is -2.29. The molecule has 0 saturated carbocycles. The molecule has 2 amide bonds. The molecule has 5 nitrogen and oxygen atoms in total. The first kappa shape index (κ1) is 15.0. The molecule has 1 heterocycles. The van der Waals surface area contributed by atoms with Crippen molar-refractivity contribution in [2.75, 3.05) is 6.54 Å². The van der Waals surface area contributed by atoms with Crippen LogP contribution in [0.3, 0.4) is 0 Å². The van der Waals surface area contributed by atoms with Crippen molar-refractivity contribution in [2.24, 2.45) is 5.41 Å². The monoisotopic (exact) mass is 287 g/mol. The third-order valence-corrected chi connectivity index (χ3v) is 3.81. The fraction of sp³-hybridized carbons (Fsp3) is 0.312. The Balaban J connectivity index is 2.33. The van der Waals surface area contributed by atoms with Crippen LogP contribution in [0.4, 0.5) is 0 Å². The zero-order valence-electron chi connectivity index (χ0n) is 11.6. The minimum atomic E-state index is -1.57. The molecule has 0 aromatic heterocycles. The molecule has 2 rings (SSSR count). The number of likely N-dealkylation sites (tertiary alicyclic amines) is 1. The van der Waals surface area contributed by atoms with E-state index >= 15 is 0 Å². The topological polar surface area (TPSA) is 74.7 Å². The molecule has 1 atom stereocenters. The van der Waals surface area contributed by atoms with Crippen LogP contribution < -0.4 is 0 Å². The highest BCUT2D eigenvalue weighted by Crippen LogP contribution is 2.36. The van der Waals surface area contributed by atoms with Gasteiger partial charge in [-0.15, -0.1) is 6.58 Å². The summed E-state index contributed by atoms with van der Waals surface area (Å²) in [7, 11) is 0. The summed E-state index contributed by atoms with van der Waals surface area (Å²) in [5, 5.41) is 9.45. The van der Waals surface area contributed by atoms with Gasteiger partial charge in [-0.1, -0.05) is 24.3 Å². The van der Waals surface area contributed by atoms with Gasteiger partial charge in [0.1, 0.15) is 0 Å². The Labute approximate surface area is 122 Å². The molecule has 0 radical (unpaired) electrons. The SMILES string of the molecule is C=CC[C@@]1(C(=O)O)CCCN(C(=O)c2ccccc2)C1=O. The number of imide groups is 1. The van der Waals surface area contributed by atoms with Gasteiger partial charge in [0.2, 0.25) is 5.91 Å². The molecule has 110 valence electrons. The third kappa shape index (κ3) is 2.59. The van der Waals surface area contributed by atoms with Gasteiger partial charge >= 0.3 is 5.97 Å². The maximum Gasteiger partial charge on any atom is 0.319 e. The lowest BCUT2D eigenvalue weighted by Crippen LogP contribution is -2.54. The Hall–Kier alpha value is -2.43. The number of carbonyl (C=O) groups is 3. The molecular weight excluding hydrogens is 270 g/mol. The quantitative estimate of drug-likeness (QED) is 0.523. The standard InChI is InChI=1S/C16H17NO4/c1-2-9-16(15(20)21)10-6-11-17(14(16)19)13(18)12-7-4-3-5-8-12/h2-5,7-8H,1,6,9-11H2,(H,20,21)/t16-/m1/s1.